The van der Waals surface area contributed by atoms with Crippen LogP contribution in [0.4, 0.5) is 5.69 Å². The van der Waals surface area contributed by atoms with Crippen molar-refractivity contribution in [1.82, 2.24) is 14.7 Å². The zero-order valence-corrected chi connectivity index (χ0v) is 12.7. The van der Waals surface area contributed by atoms with Gasteiger partial charge in [0.05, 0.1) is 4.92 Å². The van der Waals surface area contributed by atoms with Gasteiger partial charge in [-0.3, -0.25) is 19.7 Å². The number of hydrogen-bond donors (Lipinski definition) is 0. The van der Waals surface area contributed by atoms with Crippen molar-refractivity contribution in [2.45, 2.75) is 25.3 Å². The van der Waals surface area contributed by atoms with Crippen molar-refractivity contribution in [3.05, 3.63) is 57.9 Å². The van der Waals surface area contributed by atoms with Gasteiger partial charge in [-0.2, -0.15) is 5.10 Å². The SMILES string of the molecule is Cn1nccc1C1CCN(Cc2ccccc2[N+](=O)[O-])CC1. The average molecular weight is 300 g/mol. The minimum Gasteiger partial charge on any atom is -0.299 e. The molecule has 6 heteroatoms. The molecule has 0 atom stereocenters. The first-order chi connectivity index (χ1) is 10.6. The second kappa shape index (κ2) is 6.27. The second-order valence-corrected chi connectivity index (χ2v) is 5.82. The summed E-state index contributed by atoms with van der Waals surface area (Å²) in [5, 5.41) is 15.3. The maximum absolute atomic E-state index is 11.1. The number of para-hydroxylation sites is 1. The zero-order valence-electron chi connectivity index (χ0n) is 12.7. The summed E-state index contributed by atoms with van der Waals surface area (Å²) in [6.45, 7) is 2.57. The van der Waals surface area contributed by atoms with E-state index in [9.17, 15) is 10.1 Å². The van der Waals surface area contributed by atoms with Gasteiger partial charge in [0.1, 0.15) is 0 Å². The van der Waals surface area contributed by atoms with Crippen LogP contribution < -0.4 is 0 Å². The Balaban J connectivity index is 1.63. The number of nitro groups is 1. The van der Waals surface area contributed by atoms with Crippen molar-refractivity contribution < 1.29 is 4.92 Å². The van der Waals surface area contributed by atoms with Crippen molar-refractivity contribution in [2.75, 3.05) is 13.1 Å². The molecule has 22 heavy (non-hydrogen) atoms. The lowest BCUT2D eigenvalue weighted by atomic mass is 9.93. The highest BCUT2D eigenvalue weighted by Crippen LogP contribution is 2.29. The van der Waals surface area contributed by atoms with Crippen LogP contribution in [0.5, 0.6) is 0 Å². The third kappa shape index (κ3) is 3.01. The van der Waals surface area contributed by atoms with Crippen LogP contribution in [0.2, 0.25) is 0 Å². The van der Waals surface area contributed by atoms with Crippen LogP contribution in [0.1, 0.15) is 30.0 Å². The Bertz CT molecular complexity index is 660. The molecule has 1 aromatic carbocycles. The van der Waals surface area contributed by atoms with Crippen LogP contribution in [0.15, 0.2) is 36.5 Å². The van der Waals surface area contributed by atoms with E-state index in [4.69, 9.17) is 0 Å². The van der Waals surface area contributed by atoms with Gasteiger partial charge in [0.15, 0.2) is 0 Å². The first-order valence-corrected chi connectivity index (χ1v) is 7.57. The molecule has 1 aliphatic heterocycles. The van der Waals surface area contributed by atoms with Crippen molar-refractivity contribution in [1.29, 1.82) is 0 Å². The predicted octanol–water partition coefficient (Wildman–Crippen LogP) is 2.71. The second-order valence-electron chi connectivity index (χ2n) is 5.82. The zero-order chi connectivity index (χ0) is 15.5. The summed E-state index contributed by atoms with van der Waals surface area (Å²) in [6, 6.07) is 9.10. The molecule has 2 aromatic rings. The van der Waals surface area contributed by atoms with Gasteiger partial charge in [-0.05, 0) is 32.0 Å². The molecule has 2 heterocycles. The fraction of sp³-hybridized carbons (Fsp3) is 0.438. The largest absolute Gasteiger partial charge is 0.299 e. The third-order valence-corrected chi connectivity index (χ3v) is 4.45. The third-order valence-electron chi connectivity index (χ3n) is 4.45. The molecule has 3 rings (SSSR count). The van der Waals surface area contributed by atoms with E-state index in [0.29, 0.717) is 12.5 Å². The molecule has 1 aromatic heterocycles. The molecule has 6 nitrogen and oxygen atoms in total. The quantitative estimate of drug-likeness (QED) is 0.643. The normalized spacial score (nSPS) is 16.8. The van der Waals surface area contributed by atoms with E-state index in [1.54, 1.807) is 12.1 Å². The lowest BCUT2D eigenvalue weighted by molar-refractivity contribution is -0.385. The van der Waals surface area contributed by atoms with Crippen LogP contribution >= 0.6 is 0 Å². The lowest BCUT2D eigenvalue weighted by Crippen LogP contribution is -2.33. The minimum absolute atomic E-state index is 0.219. The monoisotopic (exact) mass is 300 g/mol. The number of nitrogens with zero attached hydrogens (tertiary/aromatic N) is 4. The number of aromatic nitrogens is 2. The van der Waals surface area contributed by atoms with Crippen molar-refractivity contribution in [2.24, 2.45) is 7.05 Å². The van der Waals surface area contributed by atoms with Crippen LogP contribution in [-0.4, -0.2) is 32.7 Å². The predicted molar refractivity (Wildman–Crippen MR) is 83.6 cm³/mol. The van der Waals surface area contributed by atoms with Gasteiger partial charge in [0, 0.05) is 43.0 Å². The van der Waals surface area contributed by atoms with E-state index in [1.807, 2.05) is 30.1 Å². The first kappa shape index (κ1) is 14.7. The molecule has 0 unspecified atom stereocenters. The number of hydrogen-bond acceptors (Lipinski definition) is 4. The molecule has 0 aliphatic carbocycles. The van der Waals surface area contributed by atoms with Crippen LogP contribution in [-0.2, 0) is 13.6 Å². The summed E-state index contributed by atoms with van der Waals surface area (Å²) in [5.74, 6) is 0.537. The average Bonchev–Trinajstić information content (AvgIpc) is 2.94. The molecule has 0 spiro atoms. The van der Waals surface area contributed by atoms with E-state index in [1.165, 1.54) is 5.69 Å². The highest BCUT2D eigenvalue weighted by atomic mass is 16.6. The molecule has 116 valence electrons. The van der Waals surface area contributed by atoms with Gasteiger partial charge < -0.3 is 0 Å². The number of piperidine rings is 1. The number of benzene rings is 1. The van der Waals surface area contributed by atoms with E-state index in [0.717, 1.165) is 31.5 Å². The van der Waals surface area contributed by atoms with Crippen molar-refractivity contribution >= 4 is 5.69 Å². The lowest BCUT2D eigenvalue weighted by Gasteiger charge is -2.31. The highest BCUT2D eigenvalue weighted by molar-refractivity contribution is 5.39. The Morgan fingerprint density at radius 1 is 1.27 bits per heavy atom. The number of rotatable bonds is 4. The molecular formula is C16H20N4O2. The summed E-state index contributed by atoms with van der Waals surface area (Å²) in [7, 11) is 1.98. The van der Waals surface area contributed by atoms with Crippen LogP contribution in [0.25, 0.3) is 0 Å². The molecule has 1 fully saturated rings. The minimum atomic E-state index is -0.294. The first-order valence-electron chi connectivity index (χ1n) is 7.57. The maximum Gasteiger partial charge on any atom is 0.273 e. The van der Waals surface area contributed by atoms with Gasteiger partial charge >= 0.3 is 0 Å². The summed E-state index contributed by atoms with van der Waals surface area (Å²) in [5.41, 5.74) is 2.30. The van der Waals surface area contributed by atoms with Gasteiger partial charge in [-0.1, -0.05) is 18.2 Å². The van der Waals surface area contributed by atoms with Crippen LogP contribution in [0, 0.1) is 10.1 Å². The van der Waals surface area contributed by atoms with Crippen molar-refractivity contribution in [3.8, 4) is 0 Å². The highest BCUT2D eigenvalue weighted by Gasteiger charge is 2.24. The molecule has 1 saturated heterocycles. The van der Waals surface area contributed by atoms with E-state index in [2.05, 4.69) is 16.1 Å². The number of likely N-dealkylation sites (tertiary alicyclic amines) is 1. The molecular weight excluding hydrogens is 280 g/mol. The summed E-state index contributed by atoms with van der Waals surface area (Å²) in [4.78, 5) is 13.1. The van der Waals surface area contributed by atoms with E-state index < -0.39 is 0 Å². The summed E-state index contributed by atoms with van der Waals surface area (Å²) < 4.78 is 1.95. The van der Waals surface area contributed by atoms with E-state index >= 15 is 0 Å². The molecule has 1 aliphatic rings. The summed E-state index contributed by atoms with van der Waals surface area (Å²) in [6.07, 6.45) is 3.98. The van der Waals surface area contributed by atoms with E-state index in [-0.39, 0.29) is 10.6 Å². The van der Waals surface area contributed by atoms with Gasteiger partial charge in [0.25, 0.3) is 5.69 Å². The maximum atomic E-state index is 11.1. The Hall–Kier alpha value is -2.21. The molecule has 0 N–H and O–H groups in total. The Morgan fingerprint density at radius 2 is 2.00 bits per heavy atom. The smallest absolute Gasteiger partial charge is 0.273 e. The molecule has 0 radical (unpaired) electrons. The molecule has 0 amide bonds. The van der Waals surface area contributed by atoms with Gasteiger partial charge in [-0.25, -0.2) is 0 Å². The Morgan fingerprint density at radius 3 is 2.64 bits per heavy atom. The topological polar surface area (TPSA) is 64.2 Å². The standard InChI is InChI=1S/C16H20N4O2/c1-18-15(6-9-17-18)13-7-10-19(11-8-13)12-14-4-2-3-5-16(14)20(21)22/h2-6,9,13H,7-8,10-12H2,1H3. The fourth-order valence-electron chi connectivity index (χ4n) is 3.23. The fourth-order valence-corrected chi connectivity index (χ4v) is 3.23. The Labute approximate surface area is 129 Å². The van der Waals surface area contributed by atoms with Gasteiger partial charge in [-0.15, -0.1) is 0 Å². The Kier molecular flexibility index (Phi) is 4.20. The summed E-state index contributed by atoms with van der Waals surface area (Å²) >= 11 is 0. The van der Waals surface area contributed by atoms with Crippen molar-refractivity contribution in [3.63, 3.8) is 0 Å². The molecule has 0 bridgehead atoms. The number of aryl methyl sites for hydroxylation is 1. The van der Waals surface area contributed by atoms with Gasteiger partial charge in [0.2, 0.25) is 0 Å². The van der Waals surface area contributed by atoms with Crippen LogP contribution in [0.3, 0.4) is 0 Å². The number of nitro benzene ring substituents is 1. The molecule has 0 saturated carbocycles.